The first-order valence-corrected chi connectivity index (χ1v) is 5.27. The first-order chi connectivity index (χ1) is 5.20. The monoisotopic (exact) mass is 175 g/mol. The average molecular weight is 175 g/mol. The standard InChI is InChI=1S/C8H17NOS/c1-4-5-6-7(2)9-8(10)11-3/h7H,4-6H2,1-3H3,(H,9,10). The van der Waals surface area contributed by atoms with E-state index in [-0.39, 0.29) is 5.24 Å². The van der Waals surface area contributed by atoms with E-state index < -0.39 is 0 Å². The quantitative estimate of drug-likeness (QED) is 0.711. The number of nitrogens with one attached hydrogen (secondary N) is 1. The topological polar surface area (TPSA) is 29.1 Å². The molecule has 66 valence electrons. The highest BCUT2D eigenvalue weighted by molar-refractivity contribution is 8.12. The Morgan fingerprint density at radius 2 is 2.27 bits per heavy atom. The van der Waals surface area contributed by atoms with Crippen LogP contribution in [0.2, 0.25) is 0 Å². The van der Waals surface area contributed by atoms with Gasteiger partial charge in [0.15, 0.2) is 0 Å². The second kappa shape index (κ2) is 6.53. The fourth-order valence-corrected chi connectivity index (χ4v) is 1.16. The van der Waals surface area contributed by atoms with E-state index in [0.29, 0.717) is 6.04 Å². The van der Waals surface area contributed by atoms with E-state index in [4.69, 9.17) is 0 Å². The van der Waals surface area contributed by atoms with Gasteiger partial charge in [-0.05, 0) is 19.6 Å². The predicted molar refractivity (Wildman–Crippen MR) is 51.0 cm³/mol. The average Bonchev–Trinajstić information content (AvgIpc) is 2.00. The summed E-state index contributed by atoms with van der Waals surface area (Å²) < 4.78 is 0. The van der Waals surface area contributed by atoms with Crippen molar-refractivity contribution in [3.05, 3.63) is 0 Å². The molecule has 2 nitrogen and oxygen atoms in total. The van der Waals surface area contributed by atoms with Crippen LogP contribution in [0.5, 0.6) is 0 Å². The van der Waals surface area contributed by atoms with Crippen LogP contribution in [0.25, 0.3) is 0 Å². The lowest BCUT2D eigenvalue weighted by molar-refractivity contribution is 0.257. The second-order valence-corrected chi connectivity index (χ2v) is 3.46. The zero-order valence-corrected chi connectivity index (χ0v) is 8.33. The van der Waals surface area contributed by atoms with Crippen molar-refractivity contribution in [1.82, 2.24) is 5.32 Å². The van der Waals surface area contributed by atoms with Gasteiger partial charge >= 0.3 is 0 Å². The van der Waals surface area contributed by atoms with Gasteiger partial charge in [-0.3, -0.25) is 4.79 Å². The number of unbranched alkanes of at least 4 members (excludes halogenated alkanes) is 1. The van der Waals surface area contributed by atoms with Crippen molar-refractivity contribution in [2.45, 2.75) is 39.2 Å². The zero-order valence-electron chi connectivity index (χ0n) is 7.52. The minimum absolute atomic E-state index is 0.0774. The number of thioether (sulfide) groups is 1. The van der Waals surface area contributed by atoms with Crippen molar-refractivity contribution >= 4 is 17.0 Å². The molecular formula is C8H17NOS. The second-order valence-electron chi connectivity index (χ2n) is 2.68. The molecule has 0 aliphatic rings. The summed E-state index contributed by atoms with van der Waals surface area (Å²) in [6.07, 6.45) is 5.26. The third-order valence-electron chi connectivity index (χ3n) is 1.54. The molecule has 0 aromatic carbocycles. The summed E-state index contributed by atoms with van der Waals surface area (Å²) in [5.74, 6) is 0. The summed E-state index contributed by atoms with van der Waals surface area (Å²) in [6.45, 7) is 4.20. The lowest BCUT2D eigenvalue weighted by atomic mass is 10.1. The Morgan fingerprint density at radius 3 is 2.73 bits per heavy atom. The molecule has 0 radical (unpaired) electrons. The van der Waals surface area contributed by atoms with Gasteiger partial charge in [0, 0.05) is 6.04 Å². The maximum absolute atomic E-state index is 10.8. The minimum Gasteiger partial charge on any atom is -0.345 e. The van der Waals surface area contributed by atoms with Gasteiger partial charge in [-0.25, -0.2) is 0 Å². The van der Waals surface area contributed by atoms with Gasteiger partial charge in [0.1, 0.15) is 0 Å². The van der Waals surface area contributed by atoms with E-state index in [0.717, 1.165) is 6.42 Å². The summed E-state index contributed by atoms with van der Waals surface area (Å²) in [4.78, 5) is 10.8. The molecule has 0 aromatic rings. The molecule has 0 saturated heterocycles. The molecular weight excluding hydrogens is 158 g/mol. The SMILES string of the molecule is CCCCC(C)NC(=O)SC. The van der Waals surface area contributed by atoms with Gasteiger partial charge in [-0.15, -0.1) is 0 Å². The largest absolute Gasteiger partial charge is 0.345 e. The van der Waals surface area contributed by atoms with Crippen LogP contribution < -0.4 is 5.32 Å². The van der Waals surface area contributed by atoms with E-state index in [1.807, 2.05) is 6.92 Å². The van der Waals surface area contributed by atoms with Crippen LogP contribution in [-0.4, -0.2) is 17.5 Å². The molecule has 1 atom stereocenters. The van der Waals surface area contributed by atoms with Gasteiger partial charge in [-0.1, -0.05) is 31.5 Å². The predicted octanol–water partition coefficient (Wildman–Crippen LogP) is 2.64. The molecule has 1 N–H and O–H groups in total. The molecule has 11 heavy (non-hydrogen) atoms. The highest BCUT2D eigenvalue weighted by Gasteiger charge is 2.03. The van der Waals surface area contributed by atoms with Crippen LogP contribution in [-0.2, 0) is 0 Å². The maximum Gasteiger partial charge on any atom is 0.278 e. The fourth-order valence-electron chi connectivity index (χ4n) is 0.843. The van der Waals surface area contributed by atoms with Gasteiger partial charge in [-0.2, -0.15) is 0 Å². The third-order valence-corrected chi connectivity index (χ3v) is 2.03. The fraction of sp³-hybridized carbons (Fsp3) is 0.875. The number of carbonyl (C=O) groups is 1. The summed E-state index contributed by atoms with van der Waals surface area (Å²) in [6, 6.07) is 0.329. The molecule has 0 spiro atoms. The Labute approximate surface area is 73.1 Å². The lowest BCUT2D eigenvalue weighted by Gasteiger charge is -2.11. The third kappa shape index (κ3) is 6.23. The normalized spacial score (nSPS) is 12.6. The first-order valence-electron chi connectivity index (χ1n) is 4.05. The van der Waals surface area contributed by atoms with Crippen LogP contribution in [0.15, 0.2) is 0 Å². The molecule has 1 unspecified atom stereocenters. The van der Waals surface area contributed by atoms with Gasteiger partial charge in [0.25, 0.3) is 5.24 Å². The van der Waals surface area contributed by atoms with Crippen molar-refractivity contribution in [2.24, 2.45) is 0 Å². The number of hydrogen-bond acceptors (Lipinski definition) is 2. The van der Waals surface area contributed by atoms with Crippen LogP contribution in [0.4, 0.5) is 4.79 Å². The molecule has 0 saturated carbocycles. The van der Waals surface area contributed by atoms with Crippen molar-refractivity contribution in [1.29, 1.82) is 0 Å². The molecule has 0 aliphatic heterocycles. The number of hydrogen-bond donors (Lipinski definition) is 1. The smallest absolute Gasteiger partial charge is 0.278 e. The Kier molecular flexibility index (Phi) is 6.42. The van der Waals surface area contributed by atoms with E-state index >= 15 is 0 Å². The molecule has 0 fully saturated rings. The minimum atomic E-state index is 0.0774. The van der Waals surface area contributed by atoms with E-state index in [1.165, 1.54) is 24.6 Å². The molecule has 0 heterocycles. The van der Waals surface area contributed by atoms with E-state index in [1.54, 1.807) is 6.26 Å². The molecule has 0 aliphatic carbocycles. The Morgan fingerprint density at radius 1 is 1.64 bits per heavy atom. The van der Waals surface area contributed by atoms with Gasteiger partial charge in [0.05, 0.1) is 0 Å². The van der Waals surface area contributed by atoms with E-state index in [2.05, 4.69) is 12.2 Å². The number of carbonyl (C=O) groups excluding carboxylic acids is 1. The van der Waals surface area contributed by atoms with Crippen molar-refractivity contribution in [3.8, 4) is 0 Å². The lowest BCUT2D eigenvalue weighted by Crippen LogP contribution is -2.28. The van der Waals surface area contributed by atoms with Crippen molar-refractivity contribution < 1.29 is 4.79 Å². The van der Waals surface area contributed by atoms with Crippen molar-refractivity contribution in [3.63, 3.8) is 0 Å². The highest BCUT2D eigenvalue weighted by atomic mass is 32.2. The van der Waals surface area contributed by atoms with Crippen LogP contribution >= 0.6 is 11.8 Å². The maximum atomic E-state index is 10.8. The van der Waals surface area contributed by atoms with Gasteiger partial charge < -0.3 is 5.32 Å². The summed E-state index contributed by atoms with van der Waals surface area (Å²) in [7, 11) is 0. The van der Waals surface area contributed by atoms with Crippen LogP contribution in [0.1, 0.15) is 33.1 Å². The number of amides is 1. The summed E-state index contributed by atoms with van der Waals surface area (Å²) >= 11 is 1.24. The number of rotatable bonds is 4. The Bertz CT molecular complexity index is 117. The molecule has 0 bridgehead atoms. The molecule has 0 rings (SSSR count). The highest BCUT2D eigenvalue weighted by Crippen LogP contribution is 2.02. The van der Waals surface area contributed by atoms with Crippen LogP contribution in [0.3, 0.4) is 0 Å². The Hall–Kier alpha value is -0.180. The molecule has 3 heteroatoms. The molecule has 1 amide bonds. The van der Waals surface area contributed by atoms with Crippen molar-refractivity contribution in [2.75, 3.05) is 6.26 Å². The Balaban J connectivity index is 3.35. The summed E-state index contributed by atoms with van der Waals surface area (Å²) in [5, 5.41) is 2.97. The zero-order chi connectivity index (χ0) is 8.69. The van der Waals surface area contributed by atoms with Gasteiger partial charge in [0.2, 0.25) is 0 Å². The first kappa shape index (κ1) is 10.8. The molecule has 0 aromatic heterocycles. The van der Waals surface area contributed by atoms with E-state index in [9.17, 15) is 4.79 Å². The summed E-state index contributed by atoms with van der Waals surface area (Å²) in [5.41, 5.74) is 0. The van der Waals surface area contributed by atoms with Crippen LogP contribution in [0, 0.1) is 0 Å².